The number of aliphatic carboxylic acids is 2. The predicted molar refractivity (Wildman–Crippen MR) is 99.0 cm³/mol. The van der Waals surface area contributed by atoms with Crippen LogP contribution in [-0.4, -0.2) is 61.9 Å². The third-order valence-electron chi connectivity index (χ3n) is 4.40. The Morgan fingerprint density at radius 1 is 1.21 bits per heavy atom. The molecule has 0 radical (unpaired) electrons. The number of benzene rings is 1. The number of hydrogen-bond acceptors (Lipinski definition) is 7. The van der Waals surface area contributed by atoms with E-state index >= 15 is 0 Å². The van der Waals surface area contributed by atoms with E-state index in [9.17, 15) is 24.3 Å². The molecule has 10 heteroatoms. The van der Waals surface area contributed by atoms with Crippen molar-refractivity contribution in [3.63, 3.8) is 0 Å². The number of carboxylic acid groups (broad SMARTS) is 2. The second-order valence-electron chi connectivity index (χ2n) is 6.55. The zero-order chi connectivity index (χ0) is 21.2. The van der Waals surface area contributed by atoms with Gasteiger partial charge in [-0.3, -0.25) is 9.59 Å². The van der Waals surface area contributed by atoms with Crippen LogP contribution in [0.15, 0.2) is 12.1 Å². The summed E-state index contributed by atoms with van der Waals surface area (Å²) >= 11 is 1.31. The summed E-state index contributed by atoms with van der Waals surface area (Å²) < 4.78 is 5.20. The molecule has 0 spiro atoms. The Morgan fingerprint density at radius 3 is 2.21 bits per heavy atom. The van der Waals surface area contributed by atoms with E-state index in [0.29, 0.717) is 16.9 Å². The lowest BCUT2D eigenvalue weighted by atomic mass is 9.99. The molecule has 2 rings (SSSR count). The van der Waals surface area contributed by atoms with Gasteiger partial charge in [0, 0.05) is 19.9 Å². The monoisotopic (exact) mass is 411 g/mol. The fourth-order valence-electron chi connectivity index (χ4n) is 2.99. The number of ether oxygens (including phenoxy) is 1. The first-order valence-corrected chi connectivity index (χ1v) is 9.42. The summed E-state index contributed by atoms with van der Waals surface area (Å²) in [6.07, 6.45) is -0.649. The number of carbonyl (C=O) groups excluding carboxylic acids is 2. The average Bonchev–Trinajstić information content (AvgIpc) is 2.95. The molecule has 0 aliphatic carbocycles. The van der Waals surface area contributed by atoms with E-state index in [2.05, 4.69) is 0 Å². The minimum atomic E-state index is -2.97. The van der Waals surface area contributed by atoms with Crippen molar-refractivity contribution in [2.45, 2.75) is 38.2 Å². The fourth-order valence-corrected chi connectivity index (χ4v) is 4.19. The van der Waals surface area contributed by atoms with Crippen LogP contribution in [0.25, 0.3) is 0 Å². The van der Waals surface area contributed by atoms with Crippen LogP contribution in [0.5, 0.6) is 5.75 Å². The number of hydrogen-bond donors (Lipinski definition) is 3. The van der Waals surface area contributed by atoms with Crippen molar-refractivity contribution in [3.05, 3.63) is 28.8 Å². The van der Waals surface area contributed by atoms with Crippen molar-refractivity contribution in [2.75, 3.05) is 12.3 Å². The standard InChI is InChI=1S/C18H21NO8S/c1-9-6-12(7-10(2)14(9)27-11(3)20)15-19(13(21)8-28-15)5-4-18(26,16(22)23)17(24)25/h6-7,15,26H,4-5,8H2,1-3H3,(H,22,23)(H,24,25). The molecular weight excluding hydrogens is 390 g/mol. The molecule has 1 atom stereocenters. The van der Waals surface area contributed by atoms with Crippen molar-refractivity contribution < 1.29 is 39.2 Å². The molecule has 1 unspecified atom stereocenters. The summed E-state index contributed by atoms with van der Waals surface area (Å²) in [5.74, 6) is -3.92. The van der Waals surface area contributed by atoms with Gasteiger partial charge in [0.1, 0.15) is 11.1 Å². The number of carboxylic acids is 2. The lowest BCUT2D eigenvalue weighted by Crippen LogP contribution is -2.49. The van der Waals surface area contributed by atoms with Crippen LogP contribution in [0.2, 0.25) is 0 Å². The molecule has 3 N–H and O–H groups in total. The quantitative estimate of drug-likeness (QED) is 0.341. The van der Waals surface area contributed by atoms with Gasteiger partial charge >= 0.3 is 17.9 Å². The van der Waals surface area contributed by atoms with E-state index in [1.54, 1.807) is 26.0 Å². The van der Waals surface area contributed by atoms with Gasteiger partial charge in [0.25, 0.3) is 5.60 Å². The predicted octanol–water partition coefficient (Wildman–Crippen LogP) is 1.09. The maximum atomic E-state index is 12.3. The topological polar surface area (TPSA) is 141 Å². The fraction of sp³-hybridized carbons (Fsp3) is 0.444. The highest BCUT2D eigenvalue weighted by Crippen LogP contribution is 2.41. The SMILES string of the molecule is CC(=O)Oc1c(C)cc(C2SCC(=O)N2CCC(O)(C(=O)O)C(=O)O)cc1C. The molecule has 1 aliphatic heterocycles. The zero-order valence-corrected chi connectivity index (χ0v) is 16.4. The third-order valence-corrected chi connectivity index (χ3v) is 5.66. The van der Waals surface area contributed by atoms with E-state index in [-0.39, 0.29) is 18.2 Å². The van der Waals surface area contributed by atoms with Gasteiger partial charge in [-0.1, -0.05) is 0 Å². The van der Waals surface area contributed by atoms with Crippen molar-refractivity contribution in [2.24, 2.45) is 0 Å². The van der Waals surface area contributed by atoms with Crippen molar-refractivity contribution in [1.29, 1.82) is 0 Å². The first kappa shape index (κ1) is 21.7. The number of rotatable bonds is 7. The Kier molecular flexibility index (Phi) is 6.35. The van der Waals surface area contributed by atoms with Crippen LogP contribution in [0, 0.1) is 13.8 Å². The molecule has 0 aromatic heterocycles. The van der Waals surface area contributed by atoms with E-state index in [1.807, 2.05) is 0 Å². The first-order valence-electron chi connectivity index (χ1n) is 8.37. The summed E-state index contributed by atoms with van der Waals surface area (Å²) in [5, 5.41) is 27.5. The van der Waals surface area contributed by atoms with E-state index in [1.165, 1.54) is 23.6 Å². The van der Waals surface area contributed by atoms with Crippen molar-refractivity contribution in [1.82, 2.24) is 4.90 Å². The van der Waals surface area contributed by atoms with Crippen LogP contribution in [0.3, 0.4) is 0 Å². The number of aryl methyl sites for hydroxylation is 2. The second-order valence-corrected chi connectivity index (χ2v) is 7.62. The zero-order valence-electron chi connectivity index (χ0n) is 15.6. The highest BCUT2D eigenvalue weighted by atomic mass is 32.2. The molecule has 1 fully saturated rings. The minimum absolute atomic E-state index is 0.146. The molecule has 1 aromatic rings. The molecule has 1 saturated heterocycles. The number of thioether (sulfide) groups is 1. The van der Waals surface area contributed by atoms with E-state index in [4.69, 9.17) is 14.9 Å². The summed E-state index contributed by atoms with van der Waals surface area (Å²) in [7, 11) is 0. The number of carbonyl (C=O) groups is 4. The number of amides is 1. The maximum Gasteiger partial charge on any atom is 0.347 e. The summed E-state index contributed by atoms with van der Waals surface area (Å²) in [4.78, 5) is 47.1. The normalized spacial score (nSPS) is 16.9. The van der Waals surface area contributed by atoms with Gasteiger partial charge < -0.3 is 25.0 Å². The number of esters is 1. The molecule has 152 valence electrons. The minimum Gasteiger partial charge on any atom is -0.479 e. The lowest BCUT2D eigenvalue weighted by molar-refractivity contribution is -0.177. The molecule has 1 heterocycles. The van der Waals surface area contributed by atoms with Gasteiger partial charge in [0.05, 0.1) is 5.75 Å². The van der Waals surface area contributed by atoms with Gasteiger partial charge in [-0.2, -0.15) is 0 Å². The summed E-state index contributed by atoms with van der Waals surface area (Å²) in [6, 6.07) is 3.52. The van der Waals surface area contributed by atoms with Crippen LogP contribution in [-0.2, 0) is 19.2 Å². The Bertz CT molecular complexity index is 800. The molecule has 1 aliphatic rings. The lowest BCUT2D eigenvalue weighted by Gasteiger charge is -2.28. The van der Waals surface area contributed by atoms with Crippen LogP contribution < -0.4 is 4.74 Å². The Hall–Kier alpha value is -2.59. The van der Waals surface area contributed by atoms with E-state index < -0.39 is 35.3 Å². The number of nitrogens with zero attached hydrogens (tertiary/aromatic N) is 1. The van der Waals surface area contributed by atoms with Crippen LogP contribution in [0.4, 0.5) is 0 Å². The smallest absolute Gasteiger partial charge is 0.347 e. The van der Waals surface area contributed by atoms with Gasteiger partial charge in [0.15, 0.2) is 0 Å². The van der Waals surface area contributed by atoms with Crippen molar-refractivity contribution >= 4 is 35.6 Å². The summed E-state index contributed by atoms with van der Waals surface area (Å²) in [5.41, 5.74) is -0.852. The van der Waals surface area contributed by atoms with Crippen LogP contribution >= 0.6 is 11.8 Å². The Labute approximate surface area is 165 Å². The molecule has 1 amide bonds. The molecule has 0 bridgehead atoms. The van der Waals surface area contributed by atoms with Gasteiger partial charge in [0.2, 0.25) is 5.91 Å². The number of aliphatic hydroxyl groups is 1. The van der Waals surface area contributed by atoms with Crippen molar-refractivity contribution in [3.8, 4) is 5.75 Å². The highest BCUT2D eigenvalue weighted by Gasteiger charge is 2.46. The molecular formula is C18H21NO8S. The maximum absolute atomic E-state index is 12.3. The molecule has 9 nitrogen and oxygen atoms in total. The molecule has 0 saturated carbocycles. The van der Waals surface area contributed by atoms with Crippen LogP contribution in [0.1, 0.15) is 35.4 Å². The summed E-state index contributed by atoms with van der Waals surface area (Å²) in [6.45, 7) is 4.57. The highest BCUT2D eigenvalue weighted by molar-refractivity contribution is 8.00. The average molecular weight is 411 g/mol. The van der Waals surface area contributed by atoms with Gasteiger partial charge in [-0.15, -0.1) is 11.8 Å². The van der Waals surface area contributed by atoms with Gasteiger partial charge in [-0.05, 0) is 42.7 Å². The molecule has 28 heavy (non-hydrogen) atoms. The largest absolute Gasteiger partial charge is 0.479 e. The van der Waals surface area contributed by atoms with E-state index in [0.717, 1.165) is 5.56 Å². The first-order chi connectivity index (χ1) is 13.0. The van der Waals surface area contributed by atoms with Gasteiger partial charge in [-0.25, -0.2) is 9.59 Å². The Morgan fingerprint density at radius 2 is 1.75 bits per heavy atom. The Balaban J connectivity index is 2.28. The molecule has 1 aromatic carbocycles. The third kappa shape index (κ3) is 4.28. The second kappa shape index (κ2) is 8.19.